The van der Waals surface area contributed by atoms with Gasteiger partial charge in [-0.1, -0.05) is 19.9 Å². The van der Waals surface area contributed by atoms with E-state index >= 15 is 0 Å². The maximum Gasteiger partial charge on any atom is 0.142 e. The Morgan fingerprint density at radius 2 is 2.05 bits per heavy atom. The number of piperazine rings is 1. The smallest absolute Gasteiger partial charge is 0.142 e. The van der Waals surface area contributed by atoms with E-state index in [1.807, 2.05) is 18.2 Å². The van der Waals surface area contributed by atoms with Crippen molar-refractivity contribution in [3.8, 4) is 5.75 Å². The van der Waals surface area contributed by atoms with Gasteiger partial charge >= 0.3 is 0 Å². The number of rotatable bonds is 7. The second kappa shape index (κ2) is 8.36. The summed E-state index contributed by atoms with van der Waals surface area (Å²) >= 11 is 0. The van der Waals surface area contributed by atoms with Crippen molar-refractivity contribution in [1.82, 2.24) is 10.2 Å². The van der Waals surface area contributed by atoms with E-state index in [0.29, 0.717) is 24.0 Å². The number of benzene rings is 1. The first kappa shape index (κ1) is 17.1. The number of hydrogen-bond acceptors (Lipinski definition) is 5. The molecule has 1 aliphatic heterocycles. The maximum absolute atomic E-state index is 10.3. The van der Waals surface area contributed by atoms with Gasteiger partial charge in [0.2, 0.25) is 0 Å². The van der Waals surface area contributed by atoms with Crippen molar-refractivity contribution in [1.29, 1.82) is 0 Å². The van der Waals surface area contributed by atoms with Crippen molar-refractivity contribution >= 4 is 5.69 Å². The standard InChI is InChI=1S/C17H29N3O2/c1-13(2)12-22-17-4-3-14(11-15(17)18)16(21)5-8-20-9-6-19-7-10-20/h3-4,11,13,16,19,21H,5-10,12,18H2,1-2H3. The zero-order valence-corrected chi connectivity index (χ0v) is 13.7. The summed E-state index contributed by atoms with van der Waals surface area (Å²) in [6.45, 7) is 9.93. The Kier molecular flexibility index (Phi) is 6.49. The summed E-state index contributed by atoms with van der Waals surface area (Å²) in [6, 6.07) is 5.60. The van der Waals surface area contributed by atoms with Crippen LogP contribution in [0.4, 0.5) is 5.69 Å². The Labute approximate surface area is 133 Å². The average Bonchev–Trinajstić information content (AvgIpc) is 2.52. The molecular weight excluding hydrogens is 278 g/mol. The summed E-state index contributed by atoms with van der Waals surface area (Å²) < 4.78 is 5.67. The van der Waals surface area contributed by atoms with Crippen LogP contribution in [0.2, 0.25) is 0 Å². The first-order valence-electron chi connectivity index (χ1n) is 8.19. The van der Waals surface area contributed by atoms with E-state index in [1.165, 1.54) is 0 Å². The lowest BCUT2D eigenvalue weighted by Gasteiger charge is -2.28. The highest BCUT2D eigenvalue weighted by atomic mass is 16.5. The van der Waals surface area contributed by atoms with E-state index in [4.69, 9.17) is 10.5 Å². The van der Waals surface area contributed by atoms with Crippen LogP contribution in [0.3, 0.4) is 0 Å². The Morgan fingerprint density at radius 1 is 1.32 bits per heavy atom. The lowest BCUT2D eigenvalue weighted by Crippen LogP contribution is -2.44. The van der Waals surface area contributed by atoms with Crippen LogP contribution in [0.5, 0.6) is 5.75 Å². The van der Waals surface area contributed by atoms with Crippen LogP contribution < -0.4 is 15.8 Å². The zero-order valence-electron chi connectivity index (χ0n) is 13.7. The highest BCUT2D eigenvalue weighted by Crippen LogP contribution is 2.27. The summed E-state index contributed by atoms with van der Waals surface area (Å²) in [5.41, 5.74) is 7.49. The molecule has 1 heterocycles. The number of nitrogens with one attached hydrogen (secondary N) is 1. The molecule has 0 spiro atoms. The molecule has 22 heavy (non-hydrogen) atoms. The number of hydrogen-bond donors (Lipinski definition) is 3. The molecule has 0 aliphatic carbocycles. The van der Waals surface area contributed by atoms with Gasteiger partial charge in [0.1, 0.15) is 5.75 Å². The molecule has 1 saturated heterocycles. The molecule has 1 unspecified atom stereocenters. The van der Waals surface area contributed by atoms with E-state index < -0.39 is 6.10 Å². The van der Waals surface area contributed by atoms with Gasteiger partial charge in [-0.3, -0.25) is 0 Å². The third-order valence-electron chi connectivity index (χ3n) is 3.92. The molecule has 2 rings (SSSR count). The topological polar surface area (TPSA) is 70.8 Å². The predicted molar refractivity (Wildman–Crippen MR) is 90.1 cm³/mol. The second-order valence-electron chi connectivity index (χ2n) is 6.40. The minimum atomic E-state index is -0.476. The molecule has 1 aromatic rings. The molecule has 0 saturated carbocycles. The third-order valence-corrected chi connectivity index (χ3v) is 3.92. The van der Waals surface area contributed by atoms with E-state index in [2.05, 4.69) is 24.1 Å². The number of aliphatic hydroxyl groups is 1. The Bertz CT molecular complexity index is 459. The second-order valence-corrected chi connectivity index (χ2v) is 6.40. The van der Waals surface area contributed by atoms with Gasteiger partial charge < -0.3 is 25.8 Å². The van der Waals surface area contributed by atoms with Crippen molar-refractivity contribution in [2.75, 3.05) is 45.1 Å². The van der Waals surface area contributed by atoms with Gasteiger partial charge in [0.05, 0.1) is 18.4 Å². The average molecular weight is 307 g/mol. The maximum atomic E-state index is 10.3. The molecule has 1 fully saturated rings. The number of nitrogens with two attached hydrogens (primary N) is 1. The molecule has 0 radical (unpaired) electrons. The van der Waals surface area contributed by atoms with Crippen LogP contribution >= 0.6 is 0 Å². The van der Waals surface area contributed by atoms with Gasteiger partial charge in [-0.05, 0) is 30.0 Å². The largest absolute Gasteiger partial charge is 0.491 e. The van der Waals surface area contributed by atoms with Gasteiger partial charge in [0.25, 0.3) is 0 Å². The van der Waals surface area contributed by atoms with Crippen molar-refractivity contribution < 1.29 is 9.84 Å². The minimum absolute atomic E-state index is 0.462. The summed E-state index contributed by atoms with van der Waals surface area (Å²) in [4.78, 5) is 2.38. The van der Waals surface area contributed by atoms with Crippen molar-refractivity contribution in [2.24, 2.45) is 5.92 Å². The normalized spacial score (nSPS) is 17.6. The summed E-state index contributed by atoms with van der Waals surface area (Å²) in [7, 11) is 0. The lowest BCUT2D eigenvalue weighted by molar-refractivity contribution is 0.136. The quantitative estimate of drug-likeness (QED) is 0.668. The highest BCUT2D eigenvalue weighted by molar-refractivity contribution is 5.54. The van der Waals surface area contributed by atoms with Gasteiger partial charge in [-0.2, -0.15) is 0 Å². The van der Waals surface area contributed by atoms with Crippen LogP contribution in [0.25, 0.3) is 0 Å². The minimum Gasteiger partial charge on any atom is -0.491 e. The SMILES string of the molecule is CC(C)COc1ccc(C(O)CCN2CCNCC2)cc1N. The fourth-order valence-electron chi connectivity index (χ4n) is 2.57. The van der Waals surface area contributed by atoms with Crippen LogP contribution in [0.1, 0.15) is 31.9 Å². The molecule has 0 aromatic heterocycles. The molecule has 1 atom stereocenters. The van der Waals surface area contributed by atoms with E-state index in [1.54, 1.807) is 0 Å². The number of aliphatic hydroxyl groups excluding tert-OH is 1. The van der Waals surface area contributed by atoms with Gasteiger partial charge in [-0.25, -0.2) is 0 Å². The van der Waals surface area contributed by atoms with E-state index in [-0.39, 0.29) is 0 Å². The molecule has 0 amide bonds. The van der Waals surface area contributed by atoms with E-state index in [0.717, 1.165) is 44.7 Å². The Hall–Kier alpha value is -1.30. The van der Waals surface area contributed by atoms with Gasteiger partial charge in [0, 0.05) is 32.7 Å². The molecule has 5 heteroatoms. The first-order chi connectivity index (χ1) is 10.6. The summed E-state index contributed by atoms with van der Waals surface area (Å²) in [6.07, 6.45) is 0.252. The highest BCUT2D eigenvalue weighted by Gasteiger charge is 2.14. The molecule has 124 valence electrons. The summed E-state index contributed by atoms with van der Waals surface area (Å²) in [5.74, 6) is 1.16. The zero-order chi connectivity index (χ0) is 15.9. The van der Waals surface area contributed by atoms with Crippen LogP contribution in [-0.4, -0.2) is 49.3 Å². The Balaban J connectivity index is 1.86. The summed E-state index contributed by atoms with van der Waals surface area (Å²) in [5, 5.41) is 13.7. The fraction of sp³-hybridized carbons (Fsp3) is 0.647. The van der Waals surface area contributed by atoms with Crippen molar-refractivity contribution in [2.45, 2.75) is 26.4 Å². The van der Waals surface area contributed by atoms with Gasteiger partial charge in [-0.15, -0.1) is 0 Å². The molecule has 1 aromatic carbocycles. The third kappa shape index (κ3) is 5.16. The Morgan fingerprint density at radius 3 is 2.68 bits per heavy atom. The van der Waals surface area contributed by atoms with Crippen molar-refractivity contribution in [3.63, 3.8) is 0 Å². The lowest BCUT2D eigenvalue weighted by atomic mass is 10.0. The molecule has 4 N–H and O–H groups in total. The predicted octanol–water partition coefficient (Wildman–Crippen LogP) is 1.63. The number of nitrogen functional groups attached to an aromatic ring is 1. The number of anilines is 1. The molecule has 0 bridgehead atoms. The van der Waals surface area contributed by atoms with Crippen molar-refractivity contribution in [3.05, 3.63) is 23.8 Å². The molecular formula is C17H29N3O2. The molecule has 5 nitrogen and oxygen atoms in total. The number of ether oxygens (including phenoxy) is 1. The van der Waals surface area contributed by atoms with Crippen LogP contribution in [-0.2, 0) is 0 Å². The number of nitrogens with zero attached hydrogens (tertiary/aromatic N) is 1. The fourth-order valence-corrected chi connectivity index (χ4v) is 2.57. The molecule has 1 aliphatic rings. The first-order valence-corrected chi connectivity index (χ1v) is 8.19. The van der Waals surface area contributed by atoms with Gasteiger partial charge in [0.15, 0.2) is 0 Å². The monoisotopic (exact) mass is 307 g/mol. The van der Waals surface area contributed by atoms with Crippen LogP contribution in [0, 0.1) is 5.92 Å². The van der Waals surface area contributed by atoms with Crippen LogP contribution in [0.15, 0.2) is 18.2 Å². The van der Waals surface area contributed by atoms with E-state index in [9.17, 15) is 5.11 Å².